The molecule has 0 bridgehead atoms. The number of piperidine rings is 1. The second-order valence-corrected chi connectivity index (χ2v) is 8.73. The molecule has 2 heterocycles. The van der Waals surface area contributed by atoms with Crippen LogP contribution in [0.4, 0.5) is 22.0 Å². The molecule has 184 valence electrons. The van der Waals surface area contributed by atoms with E-state index in [2.05, 4.69) is 5.32 Å². The molecule has 0 unspecified atom stereocenters. The van der Waals surface area contributed by atoms with Crippen molar-refractivity contribution >= 4 is 11.8 Å². The van der Waals surface area contributed by atoms with Gasteiger partial charge in [0.05, 0.1) is 7.11 Å². The second-order valence-electron chi connectivity index (χ2n) is 8.73. The number of alkyl halides is 3. The highest BCUT2D eigenvalue weighted by molar-refractivity contribution is 5.83. The van der Waals surface area contributed by atoms with Gasteiger partial charge < -0.3 is 19.7 Å². The van der Waals surface area contributed by atoms with Crippen molar-refractivity contribution < 1.29 is 41.0 Å². The summed E-state index contributed by atoms with van der Waals surface area (Å²) in [7, 11) is 1.07. The van der Waals surface area contributed by atoms with Crippen LogP contribution < -0.4 is 10.1 Å². The van der Waals surface area contributed by atoms with E-state index >= 15 is 0 Å². The summed E-state index contributed by atoms with van der Waals surface area (Å²) in [6.07, 6.45) is -5.57. The number of hydrogen-bond acceptors (Lipinski definition) is 4. The van der Waals surface area contributed by atoms with Crippen LogP contribution in [-0.2, 0) is 14.3 Å². The summed E-state index contributed by atoms with van der Waals surface area (Å²) in [5, 5.41) is 2.72. The van der Waals surface area contributed by atoms with E-state index in [1.54, 1.807) is 4.90 Å². The first-order chi connectivity index (χ1) is 15.3. The van der Waals surface area contributed by atoms with Crippen LogP contribution in [0.25, 0.3) is 0 Å². The van der Waals surface area contributed by atoms with E-state index in [1.165, 1.54) is 13.8 Å². The van der Waals surface area contributed by atoms with Crippen molar-refractivity contribution in [1.29, 1.82) is 0 Å². The average Bonchev–Trinajstić information content (AvgIpc) is 3.02. The van der Waals surface area contributed by atoms with Gasteiger partial charge >= 0.3 is 6.18 Å². The van der Waals surface area contributed by atoms with E-state index < -0.39 is 53.0 Å². The Labute approximate surface area is 188 Å². The molecule has 0 spiro atoms. The standard InChI is InChI=1S/C22H27F5N2O4/c1-11-16(14-5-6-15(23)17(24)18(14)32-4)19(33-21(11,3)22(25,26)27)20(31)28-13-7-9-29(10-8-13)12(2)30/h5-6,11,13,16,19H,7-10H2,1-4H3,(H,28,31)/t11-,16-,19+,21+/m0/s1. The third-order valence-corrected chi connectivity index (χ3v) is 6.86. The van der Waals surface area contributed by atoms with E-state index in [9.17, 15) is 31.5 Å². The number of carbonyl (C=O) groups is 2. The fourth-order valence-electron chi connectivity index (χ4n) is 4.66. The summed E-state index contributed by atoms with van der Waals surface area (Å²) in [5.41, 5.74) is -2.78. The molecular formula is C22H27F5N2O4. The fraction of sp³-hybridized carbons (Fsp3) is 0.636. The van der Waals surface area contributed by atoms with Gasteiger partial charge in [0.2, 0.25) is 17.6 Å². The van der Waals surface area contributed by atoms with Crippen molar-refractivity contribution in [3.63, 3.8) is 0 Å². The van der Waals surface area contributed by atoms with Crippen LogP contribution in [0.5, 0.6) is 5.75 Å². The van der Waals surface area contributed by atoms with Gasteiger partial charge in [0.15, 0.2) is 17.2 Å². The molecule has 0 aromatic heterocycles. The normalized spacial score (nSPS) is 28.6. The fourth-order valence-corrected chi connectivity index (χ4v) is 4.66. The van der Waals surface area contributed by atoms with E-state index in [0.717, 1.165) is 26.2 Å². The number of amides is 2. The Morgan fingerprint density at radius 1 is 1.21 bits per heavy atom. The topological polar surface area (TPSA) is 67.9 Å². The SMILES string of the molecule is COc1c([C@H]2[C@H](C(=O)NC3CCN(C(C)=O)CC3)O[C@@](C)(C(F)(F)F)[C@H]2C)ccc(F)c1F. The summed E-state index contributed by atoms with van der Waals surface area (Å²) in [5.74, 6) is -6.58. The molecular weight excluding hydrogens is 451 g/mol. The number of hydrogen-bond donors (Lipinski definition) is 1. The zero-order valence-corrected chi connectivity index (χ0v) is 18.8. The van der Waals surface area contributed by atoms with Crippen LogP contribution in [0.2, 0.25) is 0 Å². The third-order valence-electron chi connectivity index (χ3n) is 6.86. The number of nitrogens with zero attached hydrogens (tertiary/aromatic N) is 1. The van der Waals surface area contributed by atoms with Crippen molar-refractivity contribution in [3.8, 4) is 5.75 Å². The molecule has 0 saturated carbocycles. The summed E-state index contributed by atoms with van der Waals surface area (Å²) >= 11 is 0. The minimum absolute atomic E-state index is 0.0802. The van der Waals surface area contributed by atoms with Gasteiger partial charge in [-0.25, -0.2) is 4.39 Å². The van der Waals surface area contributed by atoms with Crippen molar-refractivity contribution in [3.05, 3.63) is 29.3 Å². The monoisotopic (exact) mass is 478 g/mol. The minimum atomic E-state index is -4.82. The lowest BCUT2D eigenvalue weighted by atomic mass is 9.77. The van der Waals surface area contributed by atoms with Crippen LogP contribution in [-0.4, -0.2) is 60.8 Å². The third kappa shape index (κ3) is 4.51. The Balaban J connectivity index is 1.93. The van der Waals surface area contributed by atoms with Crippen molar-refractivity contribution in [2.45, 2.75) is 63.5 Å². The Morgan fingerprint density at radius 2 is 1.82 bits per heavy atom. The Hall–Kier alpha value is -2.43. The molecule has 3 rings (SSSR count). The number of halogens is 5. The van der Waals surface area contributed by atoms with Gasteiger partial charge in [-0.05, 0) is 25.8 Å². The smallest absolute Gasteiger partial charge is 0.417 e. The number of rotatable bonds is 4. The highest BCUT2D eigenvalue weighted by atomic mass is 19.4. The van der Waals surface area contributed by atoms with Gasteiger partial charge in [0.1, 0.15) is 6.10 Å². The van der Waals surface area contributed by atoms with Crippen LogP contribution >= 0.6 is 0 Å². The zero-order valence-electron chi connectivity index (χ0n) is 18.8. The number of ether oxygens (including phenoxy) is 2. The van der Waals surface area contributed by atoms with Gasteiger partial charge in [0, 0.05) is 43.5 Å². The second kappa shape index (κ2) is 9.08. The molecule has 2 aliphatic heterocycles. The Kier molecular flexibility index (Phi) is 6.93. The minimum Gasteiger partial charge on any atom is -0.493 e. The number of carbonyl (C=O) groups excluding carboxylic acids is 2. The maximum atomic E-state index is 14.4. The molecule has 4 atom stereocenters. The van der Waals surface area contributed by atoms with Crippen LogP contribution in [0.3, 0.4) is 0 Å². The molecule has 2 aliphatic rings. The number of benzene rings is 1. The van der Waals surface area contributed by atoms with Crippen molar-refractivity contribution in [2.24, 2.45) is 5.92 Å². The summed E-state index contributed by atoms with van der Waals surface area (Å²) < 4.78 is 80.3. The Bertz CT molecular complexity index is 917. The van der Waals surface area contributed by atoms with Crippen LogP contribution in [0.1, 0.15) is 45.1 Å². The molecule has 2 saturated heterocycles. The molecule has 1 aromatic carbocycles. The molecule has 1 N–H and O–H groups in total. The first-order valence-electron chi connectivity index (χ1n) is 10.6. The average molecular weight is 478 g/mol. The quantitative estimate of drug-likeness (QED) is 0.673. The molecule has 2 fully saturated rings. The molecule has 6 nitrogen and oxygen atoms in total. The highest BCUT2D eigenvalue weighted by Gasteiger charge is 2.66. The first kappa shape index (κ1) is 25.2. The van der Waals surface area contributed by atoms with E-state index in [-0.39, 0.29) is 17.5 Å². The lowest BCUT2D eigenvalue weighted by molar-refractivity contribution is -0.272. The first-order valence-corrected chi connectivity index (χ1v) is 10.6. The van der Waals surface area contributed by atoms with Gasteiger partial charge in [-0.1, -0.05) is 13.0 Å². The number of nitrogens with one attached hydrogen (secondary N) is 1. The lowest BCUT2D eigenvalue weighted by Gasteiger charge is -2.33. The van der Waals surface area contributed by atoms with Gasteiger partial charge in [-0.15, -0.1) is 0 Å². The van der Waals surface area contributed by atoms with Gasteiger partial charge in [-0.2, -0.15) is 17.6 Å². The molecule has 11 heteroatoms. The number of methoxy groups -OCH3 is 1. The van der Waals surface area contributed by atoms with Crippen molar-refractivity contribution in [2.75, 3.05) is 20.2 Å². The molecule has 0 aliphatic carbocycles. The molecule has 0 radical (unpaired) electrons. The number of likely N-dealkylation sites (tertiary alicyclic amines) is 1. The van der Waals surface area contributed by atoms with Gasteiger partial charge in [-0.3, -0.25) is 9.59 Å². The maximum absolute atomic E-state index is 14.4. The summed E-state index contributed by atoms with van der Waals surface area (Å²) in [6.45, 7) is 4.35. The van der Waals surface area contributed by atoms with E-state index in [0.29, 0.717) is 25.9 Å². The summed E-state index contributed by atoms with van der Waals surface area (Å²) in [4.78, 5) is 26.2. The maximum Gasteiger partial charge on any atom is 0.417 e. The highest BCUT2D eigenvalue weighted by Crippen LogP contribution is 2.54. The van der Waals surface area contributed by atoms with E-state index in [4.69, 9.17) is 9.47 Å². The largest absolute Gasteiger partial charge is 0.493 e. The predicted molar refractivity (Wildman–Crippen MR) is 108 cm³/mol. The van der Waals surface area contributed by atoms with Gasteiger partial charge in [0.25, 0.3) is 0 Å². The van der Waals surface area contributed by atoms with E-state index in [1.807, 2.05) is 0 Å². The molecule has 1 aromatic rings. The molecule has 33 heavy (non-hydrogen) atoms. The summed E-state index contributed by atoms with van der Waals surface area (Å²) in [6, 6.07) is 1.54. The Morgan fingerprint density at radius 3 is 2.33 bits per heavy atom. The van der Waals surface area contributed by atoms with Crippen LogP contribution in [0, 0.1) is 17.6 Å². The lowest BCUT2D eigenvalue weighted by Crippen LogP contribution is -2.50. The van der Waals surface area contributed by atoms with Crippen LogP contribution in [0.15, 0.2) is 12.1 Å². The molecule has 2 amide bonds. The zero-order chi connectivity index (χ0) is 24.7. The predicted octanol–water partition coefficient (Wildman–Crippen LogP) is 3.54. The van der Waals surface area contributed by atoms with Crippen molar-refractivity contribution in [1.82, 2.24) is 10.2 Å².